The Balaban J connectivity index is 1.72. The maximum atomic E-state index is 12.3. The summed E-state index contributed by atoms with van der Waals surface area (Å²) in [4.78, 5) is 16.7. The molecule has 6 heteroatoms. The molecule has 2 saturated heterocycles. The van der Waals surface area contributed by atoms with Crippen LogP contribution in [-0.4, -0.2) is 67.8 Å². The van der Waals surface area contributed by atoms with Crippen molar-refractivity contribution in [1.29, 1.82) is 0 Å². The van der Waals surface area contributed by atoms with E-state index < -0.39 is 0 Å². The predicted octanol–water partition coefficient (Wildman–Crippen LogP) is 2.30. The minimum atomic E-state index is 0.115. The average molecular weight is 362 g/mol. The third-order valence-corrected chi connectivity index (χ3v) is 5.40. The van der Waals surface area contributed by atoms with Crippen molar-refractivity contribution in [2.24, 2.45) is 0 Å². The minimum Gasteiger partial charge on any atom is -0.497 e. The lowest BCUT2D eigenvalue weighted by atomic mass is 10.0. The Morgan fingerprint density at radius 3 is 2.65 bits per heavy atom. The molecule has 0 saturated carbocycles. The Morgan fingerprint density at radius 1 is 1.19 bits per heavy atom. The van der Waals surface area contributed by atoms with Gasteiger partial charge < -0.3 is 19.1 Å². The van der Waals surface area contributed by atoms with E-state index in [1.54, 1.807) is 14.2 Å². The van der Waals surface area contributed by atoms with Crippen molar-refractivity contribution in [1.82, 2.24) is 9.80 Å². The number of hydrogen-bond donors (Lipinski definition) is 0. The van der Waals surface area contributed by atoms with Crippen LogP contribution in [-0.2, 0) is 16.1 Å². The van der Waals surface area contributed by atoms with Gasteiger partial charge in [-0.2, -0.15) is 0 Å². The Labute approximate surface area is 156 Å². The Hall–Kier alpha value is -1.79. The summed E-state index contributed by atoms with van der Waals surface area (Å²) in [7, 11) is 3.37. The highest BCUT2D eigenvalue weighted by Gasteiger charge is 2.39. The zero-order valence-electron chi connectivity index (χ0n) is 16.2. The number of benzene rings is 1. The summed E-state index contributed by atoms with van der Waals surface area (Å²) in [5.41, 5.74) is 1.12. The van der Waals surface area contributed by atoms with Crippen molar-refractivity contribution in [2.75, 3.05) is 33.9 Å². The van der Waals surface area contributed by atoms with E-state index in [1.165, 1.54) is 0 Å². The van der Waals surface area contributed by atoms with Crippen molar-refractivity contribution in [3.63, 3.8) is 0 Å². The van der Waals surface area contributed by atoms with E-state index in [0.717, 1.165) is 49.5 Å². The lowest BCUT2D eigenvalue weighted by Crippen LogP contribution is -2.56. The van der Waals surface area contributed by atoms with Crippen LogP contribution < -0.4 is 9.47 Å². The van der Waals surface area contributed by atoms with Gasteiger partial charge in [-0.05, 0) is 44.9 Å². The first-order valence-electron chi connectivity index (χ1n) is 9.39. The van der Waals surface area contributed by atoms with E-state index in [9.17, 15) is 4.79 Å². The van der Waals surface area contributed by atoms with Crippen molar-refractivity contribution in [3.8, 4) is 11.5 Å². The Bertz CT molecular complexity index is 634. The molecule has 2 aliphatic rings. The zero-order valence-corrected chi connectivity index (χ0v) is 16.2. The van der Waals surface area contributed by atoms with Gasteiger partial charge in [0.25, 0.3) is 0 Å². The van der Waals surface area contributed by atoms with Gasteiger partial charge in [-0.15, -0.1) is 0 Å². The van der Waals surface area contributed by atoms with Crippen molar-refractivity contribution >= 4 is 5.91 Å². The quantitative estimate of drug-likeness (QED) is 0.805. The fourth-order valence-electron chi connectivity index (χ4n) is 4.14. The van der Waals surface area contributed by atoms with Crippen molar-refractivity contribution in [2.45, 2.75) is 51.4 Å². The summed E-state index contributed by atoms with van der Waals surface area (Å²) >= 11 is 0. The maximum Gasteiger partial charge on any atom is 0.249 e. The summed E-state index contributed by atoms with van der Waals surface area (Å²) in [6, 6.07) is 6.29. The molecule has 2 heterocycles. The van der Waals surface area contributed by atoms with Crippen molar-refractivity contribution in [3.05, 3.63) is 23.8 Å². The van der Waals surface area contributed by atoms with Crippen LogP contribution in [0.5, 0.6) is 11.5 Å². The van der Waals surface area contributed by atoms with Gasteiger partial charge in [0.05, 0.1) is 26.4 Å². The number of nitrogens with zero attached hydrogens (tertiary/aromatic N) is 2. The first-order valence-corrected chi connectivity index (χ1v) is 9.39. The lowest BCUT2D eigenvalue weighted by Gasteiger charge is -2.42. The van der Waals surface area contributed by atoms with Crippen LogP contribution in [0.2, 0.25) is 0 Å². The van der Waals surface area contributed by atoms with Crippen LogP contribution in [0.25, 0.3) is 0 Å². The molecule has 144 valence electrons. The molecule has 2 atom stereocenters. The van der Waals surface area contributed by atoms with Crippen LogP contribution in [0.4, 0.5) is 0 Å². The Morgan fingerprint density at radius 2 is 1.96 bits per heavy atom. The predicted molar refractivity (Wildman–Crippen MR) is 99.6 cm³/mol. The van der Waals surface area contributed by atoms with Gasteiger partial charge in [0.2, 0.25) is 5.91 Å². The zero-order chi connectivity index (χ0) is 18.7. The van der Waals surface area contributed by atoms with Crippen LogP contribution in [0, 0.1) is 0 Å². The monoisotopic (exact) mass is 362 g/mol. The fraction of sp³-hybridized carbons (Fsp3) is 0.650. The molecule has 0 N–H and O–H groups in total. The summed E-state index contributed by atoms with van der Waals surface area (Å²) in [6.07, 6.45) is 2.00. The summed E-state index contributed by atoms with van der Waals surface area (Å²) < 4.78 is 16.7. The van der Waals surface area contributed by atoms with Crippen LogP contribution in [0.3, 0.4) is 0 Å². The van der Waals surface area contributed by atoms with Crippen LogP contribution >= 0.6 is 0 Å². The summed E-state index contributed by atoms with van der Waals surface area (Å²) in [6.45, 7) is 7.07. The number of carbonyl (C=O) groups is 1. The number of fused-ring (bicyclic) bond motifs is 1. The van der Waals surface area contributed by atoms with E-state index in [2.05, 4.69) is 18.7 Å². The highest BCUT2D eigenvalue weighted by molar-refractivity contribution is 5.78. The summed E-state index contributed by atoms with van der Waals surface area (Å²) in [5.74, 6) is 1.83. The number of ether oxygens (including phenoxy) is 3. The smallest absolute Gasteiger partial charge is 0.249 e. The normalized spacial score (nSPS) is 24.3. The number of carbonyl (C=O) groups excluding carboxylic acids is 1. The SMILES string of the molecule is COc1ccc(OC)c(CN2CC[C@@H]3OCC(=O)N(C(C)C)[C@H]3CC2)c1. The second-order valence-electron chi connectivity index (χ2n) is 7.34. The van der Waals surface area contributed by atoms with E-state index in [4.69, 9.17) is 14.2 Å². The molecule has 0 spiro atoms. The van der Waals surface area contributed by atoms with Gasteiger partial charge in [0.15, 0.2) is 0 Å². The van der Waals surface area contributed by atoms with E-state index in [1.807, 2.05) is 23.1 Å². The molecular formula is C20H30N2O4. The molecule has 26 heavy (non-hydrogen) atoms. The average Bonchev–Trinajstić information content (AvgIpc) is 2.83. The van der Waals surface area contributed by atoms with E-state index in [-0.39, 0.29) is 30.7 Å². The highest BCUT2D eigenvalue weighted by Crippen LogP contribution is 2.29. The molecular weight excluding hydrogens is 332 g/mol. The van der Waals surface area contributed by atoms with Crippen LogP contribution in [0.1, 0.15) is 32.3 Å². The molecule has 0 radical (unpaired) electrons. The number of amides is 1. The van der Waals surface area contributed by atoms with Gasteiger partial charge >= 0.3 is 0 Å². The first-order chi connectivity index (χ1) is 12.5. The molecule has 1 aromatic rings. The van der Waals surface area contributed by atoms with E-state index in [0.29, 0.717) is 0 Å². The Kier molecular flexibility index (Phi) is 6.04. The van der Waals surface area contributed by atoms with Crippen molar-refractivity contribution < 1.29 is 19.0 Å². The molecule has 2 fully saturated rings. The highest BCUT2D eigenvalue weighted by atomic mass is 16.5. The molecule has 3 rings (SSSR count). The standard InChI is InChI=1S/C20H30N2O4/c1-14(2)22-17-7-9-21(10-8-19(17)26-13-20(22)23)12-15-11-16(24-3)5-6-18(15)25-4/h5-6,11,14,17,19H,7-10,12-13H2,1-4H3/t17-,19-/m0/s1. The molecule has 2 aliphatic heterocycles. The molecule has 0 bridgehead atoms. The van der Waals surface area contributed by atoms with Gasteiger partial charge in [-0.25, -0.2) is 0 Å². The molecule has 0 aromatic heterocycles. The van der Waals surface area contributed by atoms with Gasteiger partial charge in [0, 0.05) is 31.2 Å². The molecule has 0 aliphatic carbocycles. The minimum absolute atomic E-state index is 0.115. The van der Waals surface area contributed by atoms with E-state index >= 15 is 0 Å². The second kappa shape index (κ2) is 8.27. The third-order valence-electron chi connectivity index (χ3n) is 5.40. The first kappa shape index (κ1) is 19.0. The fourth-order valence-corrected chi connectivity index (χ4v) is 4.14. The largest absolute Gasteiger partial charge is 0.497 e. The summed E-state index contributed by atoms with van der Waals surface area (Å²) in [5, 5.41) is 0. The molecule has 1 amide bonds. The number of morpholine rings is 1. The topological polar surface area (TPSA) is 51.2 Å². The van der Waals surface area contributed by atoms with Gasteiger partial charge in [0.1, 0.15) is 18.1 Å². The molecule has 1 aromatic carbocycles. The number of methoxy groups -OCH3 is 2. The molecule has 0 unspecified atom stereocenters. The van der Waals surface area contributed by atoms with Crippen LogP contribution in [0.15, 0.2) is 18.2 Å². The maximum absolute atomic E-state index is 12.3. The lowest BCUT2D eigenvalue weighted by molar-refractivity contribution is -0.160. The van der Waals surface area contributed by atoms with Gasteiger partial charge in [-0.1, -0.05) is 0 Å². The second-order valence-corrected chi connectivity index (χ2v) is 7.34. The molecule has 6 nitrogen and oxygen atoms in total. The third kappa shape index (κ3) is 3.96. The number of likely N-dealkylation sites (tertiary alicyclic amines) is 1. The number of rotatable bonds is 5. The van der Waals surface area contributed by atoms with Gasteiger partial charge in [-0.3, -0.25) is 9.69 Å². The number of hydrogen-bond acceptors (Lipinski definition) is 5.